The maximum absolute atomic E-state index is 13.7. The largest absolute Gasteiger partial charge is 0.460 e. The summed E-state index contributed by atoms with van der Waals surface area (Å²) in [5.74, 6) is -1.40. The van der Waals surface area contributed by atoms with Gasteiger partial charge < -0.3 is 19.5 Å². The maximum atomic E-state index is 13.7. The third kappa shape index (κ3) is 11.6. The fraction of sp³-hybridized carbons (Fsp3) is 0.390. The van der Waals surface area contributed by atoms with Crippen LogP contribution in [0.5, 0.6) is 0 Å². The van der Waals surface area contributed by atoms with Gasteiger partial charge in [0.2, 0.25) is 0 Å². The molecule has 1 aliphatic rings. The molecule has 3 aromatic rings. The molecule has 0 saturated heterocycles. The summed E-state index contributed by atoms with van der Waals surface area (Å²) in [5.41, 5.74) is 14.2. The average Bonchev–Trinajstić information content (AvgIpc) is 3.41. The normalized spacial score (nSPS) is 14.3. The maximum Gasteiger partial charge on any atom is 0.407 e. The van der Waals surface area contributed by atoms with E-state index in [1.54, 1.807) is 26.8 Å². The van der Waals surface area contributed by atoms with Crippen molar-refractivity contribution >= 4 is 24.1 Å². The lowest BCUT2D eigenvalue weighted by Gasteiger charge is -2.26. The van der Waals surface area contributed by atoms with Crippen LogP contribution in [-0.4, -0.2) is 42.4 Å². The zero-order valence-electron chi connectivity index (χ0n) is 30.2. The summed E-state index contributed by atoms with van der Waals surface area (Å²) in [7, 11) is 0. The van der Waals surface area contributed by atoms with E-state index in [4.69, 9.17) is 19.7 Å². The predicted octanol–water partition coefficient (Wildman–Crippen LogP) is 9.30. The lowest BCUT2D eigenvalue weighted by Crippen LogP contribution is -2.44. The van der Waals surface area contributed by atoms with E-state index in [0.29, 0.717) is 6.42 Å². The van der Waals surface area contributed by atoms with Gasteiger partial charge in [0.25, 0.3) is 0 Å². The number of ether oxygens (including phenoxy) is 3. The van der Waals surface area contributed by atoms with Gasteiger partial charge in [-0.05, 0) is 72.0 Å². The first-order valence-corrected chi connectivity index (χ1v) is 17.3. The van der Waals surface area contributed by atoms with Gasteiger partial charge in [-0.3, -0.25) is 0 Å². The highest BCUT2D eigenvalue weighted by Gasteiger charge is 2.31. The van der Waals surface area contributed by atoms with E-state index in [9.17, 15) is 14.4 Å². The number of carbonyl (C=O) groups is 3. The summed E-state index contributed by atoms with van der Waals surface area (Å²) < 4.78 is 17.2. The summed E-state index contributed by atoms with van der Waals surface area (Å²) in [5, 5.41) is 6.36. The van der Waals surface area contributed by atoms with Crippen LogP contribution in [0.4, 0.5) is 4.79 Å². The Labute approximate surface area is 300 Å². The Morgan fingerprint density at radius 1 is 0.941 bits per heavy atom. The Kier molecular flexibility index (Phi) is 13.6. The zero-order chi connectivity index (χ0) is 37.0. The number of benzene rings is 3. The molecule has 268 valence electrons. The van der Waals surface area contributed by atoms with Crippen LogP contribution in [0, 0.1) is 11.8 Å². The Morgan fingerprint density at radius 2 is 1.57 bits per heavy atom. The Morgan fingerprint density at radius 3 is 2.16 bits per heavy atom. The molecule has 0 fully saturated rings. The van der Waals surface area contributed by atoms with Crippen LogP contribution in [0.1, 0.15) is 82.6 Å². The van der Waals surface area contributed by atoms with Gasteiger partial charge in [0.15, 0.2) is 0 Å². The molecular formula is C41H48N4O6. The molecule has 10 heteroatoms. The van der Waals surface area contributed by atoms with Gasteiger partial charge in [-0.1, -0.05) is 117 Å². The number of nitrogens with zero attached hydrogens (tertiary/aromatic N) is 3. The molecule has 4 rings (SSSR count). The van der Waals surface area contributed by atoms with Crippen molar-refractivity contribution in [1.82, 2.24) is 5.32 Å². The van der Waals surface area contributed by atoms with Crippen molar-refractivity contribution < 1.29 is 28.6 Å². The van der Waals surface area contributed by atoms with E-state index >= 15 is 0 Å². The summed E-state index contributed by atoms with van der Waals surface area (Å²) >= 11 is 0. The second-order valence-corrected chi connectivity index (χ2v) is 14.1. The second-order valence-electron chi connectivity index (χ2n) is 14.1. The van der Waals surface area contributed by atoms with E-state index in [-0.39, 0.29) is 37.3 Å². The Balaban J connectivity index is 1.45. The van der Waals surface area contributed by atoms with E-state index in [1.807, 2.05) is 93.6 Å². The molecule has 1 aliphatic carbocycles. The van der Waals surface area contributed by atoms with Gasteiger partial charge in [0.1, 0.15) is 24.4 Å². The van der Waals surface area contributed by atoms with Crippen molar-refractivity contribution in [2.45, 2.75) is 84.6 Å². The lowest BCUT2D eigenvalue weighted by atomic mass is 9.98. The molecule has 0 aliphatic heterocycles. The number of hydrogen-bond acceptors (Lipinski definition) is 7. The third-order valence-corrected chi connectivity index (χ3v) is 8.40. The van der Waals surface area contributed by atoms with Crippen molar-refractivity contribution in [3.8, 4) is 11.1 Å². The molecule has 1 unspecified atom stereocenters. The fourth-order valence-corrected chi connectivity index (χ4v) is 5.94. The summed E-state index contributed by atoms with van der Waals surface area (Å²) in [4.78, 5) is 42.1. The van der Waals surface area contributed by atoms with Crippen molar-refractivity contribution in [2.75, 3.05) is 6.61 Å². The van der Waals surface area contributed by atoms with Gasteiger partial charge in [-0.25, -0.2) is 14.4 Å². The SMILES string of the molecule is CC(C)CC(NC(=O)OCC1c2ccccc2-c2ccccc21)C(=O)O[C@@H](C/C=C/C(=O)OC(C)(C)C)[C@H](C)/C=C/c1ccc(CN=[N+]=[N-])cc1. The first-order valence-electron chi connectivity index (χ1n) is 17.3. The molecule has 0 bridgehead atoms. The number of nitrogens with one attached hydrogen (secondary N) is 1. The summed E-state index contributed by atoms with van der Waals surface area (Å²) in [6.45, 7) is 11.6. The van der Waals surface area contributed by atoms with Crippen LogP contribution in [0.3, 0.4) is 0 Å². The number of alkyl carbamates (subject to hydrolysis) is 1. The van der Waals surface area contributed by atoms with Gasteiger partial charge in [-0.2, -0.15) is 0 Å². The highest BCUT2D eigenvalue weighted by molar-refractivity contribution is 5.83. The van der Waals surface area contributed by atoms with Gasteiger partial charge in [-0.15, -0.1) is 0 Å². The van der Waals surface area contributed by atoms with Crippen molar-refractivity contribution in [3.05, 3.63) is 124 Å². The van der Waals surface area contributed by atoms with Crippen LogP contribution in [0.2, 0.25) is 0 Å². The number of azide groups is 1. The second kappa shape index (κ2) is 18.1. The molecule has 51 heavy (non-hydrogen) atoms. The molecule has 0 heterocycles. The standard InChI is InChI=1S/C41H48N4O6/c1-27(2)24-36(44-40(48)49-26-35-33-14-9-7-12-31(33)32-13-8-10-15-34(32)35)39(47)50-37(16-11-17-38(46)51-41(4,5)6)28(3)18-19-29-20-22-30(23-21-29)25-43-45-42/h7-15,17-23,27-28,35-37H,16,24-26H2,1-6H3,(H,44,48)/b17-11+,19-18+/t28-,36?,37+/m1/s1. The molecule has 1 amide bonds. The van der Waals surface area contributed by atoms with Crippen LogP contribution in [0.15, 0.2) is 96.1 Å². The molecule has 0 spiro atoms. The van der Waals surface area contributed by atoms with Crippen LogP contribution < -0.4 is 5.32 Å². The Bertz CT molecular complexity index is 1720. The minimum Gasteiger partial charge on any atom is -0.460 e. The molecule has 1 N–H and O–H groups in total. The van der Waals surface area contributed by atoms with E-state index in [0.717, 1.165) is 33.4 Å². The van der Waals surface area contributed by atoms with Gasteiger partial charge in [0.05, 0.1) is 6.54 Å². The minimum absolute atomic E-state index is 0.0705. The molecular weight excluding hydrogens is 644 g/mol. The first-order chi connectivity index (χ1) is 24.3. The Hall–Kier alpha value is -5.34. The van der Waals surface area contributed by atoms with Crippen LogP contribution >= 0.6 is 0 Å². The molecule has 10 nitrogen and oxygen atoms in total. The average molecular weight is 693 g/mol. The lowest BCUT2D eigenvalue weighted by molar-refractivity contribution is -0.153. The number of carbonyl (C=O) groups excluding carboxylic acids is 3. The molecule has 0 radical (unpaired) electrons. The highest BCUT2D eigenvalue weighted by Crippen LogP contribution is 2.44. The smallest absolute Gasteiger partial charge is 0.407 e. The van der Waals surface area contributed by atoms with Crippen molar-refractivity contribution in [1.29, 1.82) is 0 Å². The first kappa shape index (κ1) is 38.5. The quantitative estimate of drug-likeness (QED) is 0.0420. The minimum atomic E-state index is -0.947. The number of amides is 1. The van der Waals surface area contributed by atoms with Crippen LogP contribution in [-0.2, 0) is 30.3 Å². The van der Waals surface area contributed by atoms with E-state index in [2.05, 4.69) is 27.5 Å². The van der Waals surface area contributed by atoms with E-state index in [1.165, 1.54) is 6.08 Å². The predicted molar refractivity (Wildman–Crippen MR) is 198 cm³/mol. The molecule has 0 saturated carbocycles. The van der Waals surface area contributed by atoms with Crippen molar-refractivity contribution in [2.24, 2.45) is 17.0 Å². The number of rotatable bonds is 15. The van der Waals surface area contributed by atoms with Gasteiger partial charge >= 0.3 is 18.0 Å². The number of esters is 2. The van der Waals surface area contributed by atoms with E-state index < -0.39 is 35.8 Å². The van der Waals surface area contributed by atoms with Gasteiger partial charge in [0, 0.05) is 29.2 Å². The van der Waals surface area contributed by atoms with Crippen molar-refractivity contribution in [3.63, 3.8) is 0 Å². The molecule has 3 aromatic carbocycles. The highest BCUT2D eigenvalue weighted by atomic mass is 16.6. The molecule has 0 aromatic heterocycles. The third-order valence-electron chi connectivity index (χ3n) is 8.40. The number of fused-ring (bicyclic) bond motifs is 3. The molecule has 3 atom stereocenters. The fourth-order valence-electron chi connectivity index (χ4n) is 5.94. The topological polar surface area (TPSA) is 140 Å². The monoisotopic (exact) mass is 692 g/mol. The summed E-state index contributed by atoms with van der Waals surface area (Å²) in [6.07, 6.45) is 6.05. The number of hydrogen-bond donors (Lipinski definition) is 1. The van der Waals surface area contributed by atoms with Crippen LogP contribution in [0.25, 0.3) is 27.6 Å². The zero-order valence-corrected chi connectivity index (χ0v) is 30.2. The summed E-state index contributed by atoms with van der Waals surface area (Å²) in [6, 6.07) is 22.8.